The number of nitrogens with one attached hydrogen (secondary N) is 1. The Morgan fingerprint density at radius 3 is 2.25 bits per heavy atom. The lowest BCUT2D eigenvalue weighted by Gasteiger charge is -2.07. The van der Waals surface area contributed by atoms with Gasteiger partial charge in [0.1, 0.15) is 0 Å². The van der Waals surface area contributed by atoms with E-state index >= 15 is 0 Å². The lowest BCUT2D eigenvalue weighted by Crippen LogP contribution is -2.14. The molecule has 0 bridgehead atoms. The van der Waals surface area contributed by atoms with Crippen molar-refractivity contribution >= 4 is 0 Å². The molecule has 1 aromatic rings. The largest absolute Gasteiger partial charge is 0.416 e. The van der Waals surface area contributed by atoms with Crippen LogP contribution in [0, 0.1) is 0 Å². The maximum atomic E-state index is 12.3. The van der Waals surface area contributed by atoms with Crippen LogP contribution >= 0.6 is 0 Å². The molecule has 0 saturated heterocycles. The molecule has 0 aromatic heterocycles. The van der Waals surface area contributed by atoms with E-state index < -0.39 is 11.7 Å². The molecule has 0 saturated carbocycles. The molecule has 90 valence electrons. The van der Waals surface area contributed by atoms with E-state index in [0.717, 1.165) is 43.6 Å². The van der Waals surface area contributed by atoms with Crippen molar-refractivity contribution in [1.82, 2.24) is 5.32 Å². The Hall–Kier alpha value is -1.03. The molecule has 0 aliphatic carbocycles. The van der Waals surface area contributed by atoms with Gasteiger partial charge in [0.2, 0.25) is 0 Å². The standard InChI is InChI=1S/C12H16F3N/c1-2-16-9-3-4-10-5-7-11(8-6-10)12(13,14)15/h5-8,16H,2-4,9H2,1H3. The predicted molar refractivity (Wildman–Crippen MR) is 58.3 cm³/mol. The summed E-state index contributed by atoms with van der Waals surface area (Å²) in [5.74, 6) is 0. The molecular weight excluding hydrogens is 215 g/mol. The first-order chi connectivity index (χ1) is 7.54. The van der Waals surface area contributed by atoms with Gasteiger partial charge in [0.15, 0.2) is 0 Å². The second-order valence-electron chi connectivity index (χ2n) is 3.65. The number of alkyl halides is 3. The zero-order valence-electron chi connectivity index (χ0n) is 9.27. The van der Waals surface area contributed by atoms with Gasteiger partial charge in [-0.1, -0.05) is 19.1 Å². The van der Waals surface area contributed by atoms with Gasteiger partial charge < -0.3 is 5.32 Å². The van der Waals surface area contributed by atoms with Crippen molar-refractivity contribution in [2.24, 2.45) is 0 Å². The zero-order chi connectivity index (χ0) is 12.0. The minimum atomic E-state index is -4.23. The van der Waals surface area contributed by atoms with Gasteiger partial charge >= 0.3 is 6.18 Å². The summed E-state index contributed by atoms with van der Waals surface area (Å²) in [6.07, 6.45) is -2.48. The van der Waals surface area contributed by atoms with Crippen LogP contribution in [-0.4, -0.2) is 13.1 Å². The minimum absolute atomic E-state index is 0.581. The molecule has 0 fully saturated rings. The summed E-state index contributed by atoms with van der Waals surface area (Å²) < 4.78 is 36.8. The average molecular weight is 231 g/mol. The molecule has 0 heterocycles. The average Bonchev–Trinajstić information content (AvgIpc) is 2.24. The Morgan fingerprint density at radius 1 is 1.12 bits per heavy atom. The Kier molecular flexibility index (Phi) is 4.80. The highest BCUT2D eigenvalue weighted by molar-refractivity contribution is 5.24. The quantitative estimate of drug-likeness (QED) is 0.767. The van der Waals surface area contributed by atoms with Crippen LogP contribution in [-0.2, 0) is 12.6 Å². The Labute approximate surface area is 93.7 Å². The number of hydrogen-bond donors (Lipinski definition) is 1. The Balaban J connectivity index is 2.46. The van der Waals surface area contributed by atoms with E-state index in [1.807, 2.05) is 6.92 Å². The van der Waals surface area contributed by atoms with Crippen LogP contribution in [0.15, 0.2) is 24.3 Å². The zero-order valence-corrected chi connectivity index (χ0v) is 9.27. The maximum absolute atomic E-state index is 12.3. The van der Waals surface area contributed by atoms with Crippen molar-refractivity contribution < 1.29 is 13.2 Å². The van der Waals surface area contributed by atoms with Crippen LogP contribution in [0.5, 0.6) is 0 Å². The first kappa shape index (κ1) is 13.0. The van der Waals surface area contributed by atoms with Crippen molar-refractivity contribution in [2.45, 2.75) is 25.9 Å². The summed E-state index contributed by atoms with van der Waals surface area (Å²) in [5, 5.41) is 3.17. The van der Waals surface area contributed by atoms with E-state index in [-0.39, 0.29) is 0 Å². The smallest absolute Gasteiger partial charge is 0.317 e. The molecule has 0 spiro atoms. The van der Waals surface area contributed by atoms with Gasteiger partial charge in [0.25, 0.3) is 0 Å². The Morgan fingerprint density at radius 2 is 1.75 bits per heavy atom. The highest BCUT2D eigenvalue weighted by Crippen LogP contribution is 2.29. The van der Waals surface area contributed by atoms with E-state index in [4.69, 9.17) is 0 Å². The molecule has 0 unspecified atom stereocenters. The molecule has 4 heteroatoms. The maximum Gasteiger partial charge on any atom is 0.416 e. The molecular formula is C12H16F3N. The fraction of sp³-hybridized carbons (Fsp3) is 0.500. The van der Waals surface area contributed by atoms with Crippen LogP contribution < -0.4 is 5.32 Å². The fourth-order valence-electron chi connectivity index (χ4n) is 1.45. The highest BCUT2D eigenvalue weighted by atomic mass is 19.4. The third-order valence-electron chi connectivity index (χ3n) is 2.35. The number of halogens is 3. The lowest BCUT2D eigenvalue weighted by atomic mass is 10.1. The first-order valence-corrected chi connectivity index (χ1v) is 5.41. The molecule has 0 aliphatic rings. The van der Waals surface area contributed by atoms with Gasteiger partial charge in [-0.05, 0) is 43.6 Å². The van der Waals surface area contributed by atoms with E-state index in [9.17, 15) is 13.2 Å². The summed E-state index contributed by atoms with van der Waals surface area (Å²) in [7, 11) is 0. The molecule has 0 amide bonds. The van der Waals surface area contributed by atoms with Crippen LogP contribution in [0.2, 0.25) is 0 Å². The van der Waals surface area contributed by atoms with Crippen molar-refractivity contribution in [2.75, 3.05) is 13.1 Å². The number of hydrogen-bond acceptors (Lipinski definition) is 1. The monoisotopic (exact) mass is 231 g/mol. The van der Waals surface area contributed by atoms with Crippen molar-refractivity contribution in [3.05, 3.63) is 35.4 Å². The molecule has 0 atom stereocenters. The second kappa shape index (κ2) is 5.89. The summed E-state index contributed by atoms with van der Waals surface area (Å²) in [6.45, 7) is 3.85. The van der Waals surface area contributed by atoms with Crippen molar-refractivity contribution in [1.29, 1.82) is 0 Å². The fourth-order valence-corrected chi connectivity index (χ4v) is 1.45. The molecule has 0 radical (unpaired) electrons. The molecule has 1 rings (SSSR count). The molecule has 1 N–H and O–H groups in total. The number of aryl methyl sites for hydroxylation is 1. The highest BCUT2D eigenvalue weighted by Gasteiger charge is 2.29. The van der Waals surface area contributed by atoms with E-state index in [1.54, 1.807) is 12.1 Å². The third kappa shape index (κ3) is 4.23. The minimum Gasteiger partial charge on any atom is -0.317 e. The summed E-state index contributed by atoms with van der Waals surface area (Å²) >= 11 is 0. The first-order valence-electron chi connectivity index (χ1n) is 5.41. The van der Waals surface area contributed by atoms with Gasteiger partial charge in [0, 0.05) is 0 Å². The summed E-state index contributed by atoms with van der Waals surface area (Å²) in [6, 6.07) is 5.38. The number of benzene rings is 1. The molecule has 0 aliphatic heterocycles. The van der Waals surface area contributed by atoms with Gasteiger partial charge in [-0.25, -0.2) is 0 Å². The van der Waals surface area contributed by atoms with Gasteiger partial charge in [-0.3, -0.25) is 0 Å². The molecule has 16 heavy (non-hydrogen) atoms. The van der Waals surface area contributed by atoms with Gasteiger partial charge in [-0.2, -0.15) is 13.2 Å². The predicted octanol–water partition coefficient (Wildman–Crippen LogP) is 3.25. The second-order valence-corrected chi connectivity index (χ2v) is 3.65. The Bertz CT molecular complexity index is 303. The normalized spacial score (nSPS) is 11.8. The number of rotatable bonds is 5. The van der Waals surface area contributed by atoms with Gasteiger partial charge in [0.05, 0.1) is 5.56 Å². The SMILES string of the molecule is CCNCCCc1ccc(C(F)(F)F)cc1. The molecule has 1 nitrogen and oxygen atoms in total. The van der Waals surface area contributed by atoms with E-state index in [0.29, 0.717) is 0 Å². The van der Waals surface area contributed by atoms with E-state index in [1.165, 1.54) is 0 Å². The van der Waals surface area contributed by atoms with E-state index in [2.05, 4.69) is 5.32 Å². The van der Waals surface area contributed by atoms with Crippen LogP contribution in [0.4, 0.5) is 13.2 Å². The lowest BCUT2D eigenvalue weighted by molar-refractivity contribution is -0.137. The van der Waals surface area contributed by atoms with Crippen LogP contribution in [0.25, 0.3) is 0 Å². The summed E-state index contributed by atoms with van der Waals surface area (Å²) in [4.78, 5) is 0. The topological polar surface area (TPSA) is 12.0 Å². The molecule has 1 aromatic carbocycles. The van der Waals surface area contributed by atoms with Crippen LogP contribution in [0.1, 0.15) is 24.5 Å². The van der Waals surface area contributed by atoms with Gasteiger partial charge in [-0.15, -0.1) is 0 Å². The van der Waals surface area contributed by atoms with Crippen LogP contribution in [0.3, 0.4) is 0 Å². The third-order valence-corrected chi connectivity index (χ3v) is 2.35. The summed E-state index contributed by atoms with van der Waals surface area (Å²) in [5.41, 5.74) is 0.369. The van der Waals surface area contributed by atoms with Crippen molar-refractivity contribution in [3.8, 4) is 0 Å². The van der Waals surface area contributed by atoms with Crippen molar-refractivity contribution in [3.63, 3.8) is 0 Å².